The number of nitrogens with zero attached hydrogens (tertiary/aromatic N) is 1. The van der Waals surface area contributed by atoms with Gasteiger partial charge in [-0.15, -0.1) is 0 Å². The van der Waals surface area contributed by atoms with Crippen molar-refractivity contribution in [3.63, 3.8) is 0 Å². The lowest BCUT2D eigenvalue weighted by molar-refractivity contribution is -0.134. The van der Waals surface area contributed by atoms with Crippen LogP contribution in [0.2, 0.25) is 0 Å². The SMILES string of the molecule is O=C(C1CC1)N1CCC(C2NOC(C3CCC(NC4COC4)NC3)N2)CC1. The first kappa shape index (κ1) is 18.3. The second-order valence-electron chi connectivity index (χ2n) is 8.94. The van der Waals surface area contributed by atoms with E-state index in [1.54, 1.807) is 0 Å². The summed E-state index contributed by atoms with van der Waals surface area (Å²) in [6.45, 7) is 4.43. The Balaban J connectivity index is 1.04. The van der Waals surface area contributed by atoms with Crippen LogP contribution in [0.3, 0.4) is 0 Å². The zero-order valence-corrected chi connectivity index (χ0v) is 16.0. The summed E-state index contributed by atoms with van der Waals surface area (Å²) in [7, 11) is 0. The molecule has 0 bridgehead atoms. The van der Waals surface area contributed by atoms with E-state index in [9.17, 15) is 4.79 Å². The predicted octanol–water partition coefficient (Wildman–Crippen LogP) is -0.274. The molecule has 8 nitrogen and oxygen atoms in total. The summed E-state index contributed by atoms with van der Waals surface area (Å²) in [5.74, 6) is 1.74. The summed E-state index contributed by atoms with van der Waals surface area (Å²) in [6, 6.07) is 0.517. The maximum absolute atomic E-state index is 12.2. The van der Waals surface area contributed by atoms with Gasteiger partial charge in [-0.2, -0.15) is 5.48 Å². The van der Waals surface area contributed by atoms with Crippen LogP contribution in [0.5, 0.6) is 0 Å². The fraction of sp³-hybridized carbons (Fsp3) is 0.947. The quantitative estimate of drug-likeness (QED) is 0.523. The first-order valence-corrected chi connectivity index (χ1v) is 10.8. The number of hydroxylamine groups is 1. The highest BCUT2D eigenvalue weighted by Crippen LogP contribution is 2.33. The topological polar surface area (TPSA) is 86.9 Å². The maximum atomic E-state index is 12.2. The molecule has 4 N–H and O–H groups in total. The van der Waals surface area contributed by atoms with Gasteiger partial charge < -0.3 is 15.0 Å². The standard InChI is InChI=1S/C19H33N5O3/c25-19(13-1-2-13)24-7-5-12(6-8-24)17-22-18(27-23-17)14-3-4-16(20-9-14)21-15-10-26-11-15/h12-18,20-23H,1-11H2. The molecule has 1 aliphatic carbocycles. The van der Waals surface area contributed by atoms with Crippen LogP contribution in [-0.2, 0) is 14.4 Å². The van der Waals surface area contributed by atoms with Gasteiger partial charge in [0.15, 0.2) is 0 Å². The number of likely N-dealkylation sites (tertiary alicyclic amines) is 1. The zero-order chi connectivity index (χ0) is 18.2. The van der Waals surface area contributed by atoms with Gasteiger partial charge in [0.05, 0.1) is 31.6 Å². The lowest BCUT2D eigenvalue weighted by atomic mass is 9.92. The van der Waals surface area contributed by atoms with Crippen molar-refractivity contribution in [2.75, 3.05) is 32.8 Å². The summed E-state index contributed by atoms with van der Waals surface area (Å²) in [5, 5.41) is 10.9. The Kier molecular flexibility index (Phi) is 5.36. The van der Waals surface area contributed by atoms with E-state index in [4.69, 9.17) is 9.57 Å². The Morgan fingerprint density at radius 1 is 1.00 bits per heavy atom. The third-order valence-corrected chi connectivity index (χ3v) is 6.87. The molecule has 0 spiro atoms. The number of hydrogen-bond donors (Lipinski definition) is 4. The Morgan fingerprint density at radius 2 is 1.81 bits per heavy atom. The number of amides is 1. The molecule has 152 valence electrons. The predicted molar refractivity (Wildman–Crippen MR) is 99.2 cm³/mol. The second-order valence-corrected chi connectivity index (χ2v) is 8.94. The highest BCUT2D eigenvalue weighted by Gasteiger charge is 2.40. The van der Waals surface area contributed by atoms with Crippen molar-refractivity contribution in [3.8, 4) is 0 Å². The van der Waals surface area contributed by atoms with Gasteiger partial charge in [-0.1, -0.05) is 0 Å². The molecule has 27 heavy (non-hydrogen) atoms. The first-order chi connectivity index (χ1) is 13.3. The zero-order valence-electron chi connectivity index (χ0n) is 16.0. The Hall–Kier alpha value is -0.770. The number of nitrogens with one attached hydrogen (secondary N) is 4. The second kappa shape index (κ2) is 7.93. The van der Waals surface area contributed by atoms with Gasteiger partial charge in [-0.25, -0.2) is 0 Å². The van der Waals surface area contributed by atoms with E-state index < -0.39 is 0 Å². The number of carbonyl (C=O) groups is 1. The molecule has 5 fully saturated rings. The number of hydrogen-bond acceptors (Lipinski definition) is 7. The van der Waals surface area contributed by atoms with Crippen LogP contribution in [-0.4, -0.2) is 68.3 Å². The van der Waals surface area contributed by atoms with Crippen LogP contribution in [0.15, 0.2) is 0 Å². The van der Waals surface area contributed by atoms with Crippen molar-refractivity contribution in [2.45, 2.75) is 63.1 Å². The molecule has 1 saturated carbocycles. The van der Waals surface area contributed by atoms with E-state index in [1.165, 1.54) is 0 Å². The first-order valence-electron chi connectivity index (χ1n) is 10.8. The Labute approximate surface area is 161 Å². The van der Waals surface area contributed by atoms with Crippen LogP contribution < -0.4 is 21.4 Å². The lowest BCUT2D eigenvalue weighted by Crippen LogP contribution is -2.58. The minimum Gasteiger partial charge on any atom is -0.378 e. The molecule has 0 aromatic heterocycles. The molecule has 4 unspecified atom stereocenters. The normalized spacial score (nSPS) is 38.7. The summed E-state index contributed by atoms with van der Waals surface area (Å²) in [4.78, 5) is 20.2. The van der Waals surface area contributed by atoms with Crippen LogP contribution in [0.25, 0.3) is 0 Å². The Bertz CT molecular complexity index is 525. The average molecular weight is 380 g/mol. The molecule has 8 heteroatoms. The third kappa shape index (κ3) is 4.16. The van der Waals surface area contributed by atoms with Crippen LogP contribution >= 0.6 is 0 Å². The smallest absolute Gasteiger partial charge is 0.225 e. The molecule has 4 atom stereocenters. The summed E-state index contributed by atoms with van der Waals surface area (Å²) >= 11 is 0. The summed E-state index contributed by atoms with van der Waals surface area (Å²) in [5.41, 5.74) is 3.24. The average Bonchev–Trinajstić information content (AvgIpc) is 3.41. The molecule has 0 aromatic carbocycles. The van der Waals surface area contributed by atoms with E-state index in [1.807, 2.05) is 0 Å². The van der Waals surface area contributed by atoms with Crippen LogP contribution in [0.1, 0.15) is 38.5 Å². The van der Waals surface area contributed by atoms with Gasteiger partial charge in [0.2, 0.25) is 5.91 Å². The highest BCUT2D eigenvalue weighted by molar-refractivity contribution is 5.81. The molecule has 1 amide bonds. The number of carbonyl (C=O) groups excluding carboxylic acids is 1. The lowest BCUT2D eigenvalue weighted by Gasteiger charge is -2.37. The number of ether oxygens (including phenoxy) is 1. The molecule has 4 saturated heterocycles. The van der Waals surface area contributed by atoms with Gasteiger partial charge in [0.1, 0.15) is 6.23 Å². The highest BCUT2D eigenvalue weighted by atomic mass is 16.7. The van der Waals surface area contributed by atoms with Crippen molar-refractivity contribution in [2.24, 2.45) is 17.8 Å². The molecule has 0 radical (unpaired) electrons. The van der Waals surface area contributed by atoms with Gasteiger partial charge in [-0.05, 0) is 44.4 Å². The third-order valence-electron chi connectivity index (χ3n) is 6.87. The van der Waals surface area contributed by atoms with Crippen molar-refractivity contribution >= 4 is 5.91 Å². The largest absolute Gasteiger partial charge is 0.378 e. The number of piperidine rings is 2. The van der Waals surface area contributed by atoms with Gasteiger partial charge in [-0.3, -0.25) is 20.3 Å². The van der Waals surface area contributed by atoms with Crippen LogP contribution in [0.4, 0.5) is 0 Å². The molecular formula is C19H33N5O3. The van der Waals surface area contributed by atoms with E-state index in [2.05, 4.69) is 26.3 Å². The molecule has 4 aliphatic heterocycles. The molecular weight excluding hydrogens is 346 g/mol. The van der Waals surface area contributed by atoms with E-state index in [-0.39, 0.29) is 12.4 Å². The monoisotopic (exact) mass is 379 g/mol. The van der Waals surface area contributed by atoms with Gasteiger partial charge >= 0.3 is 0 Å². The summed E-state index contributed by atoms with van der Waals surface area (Å²) in [6.07, 6.45) is 7.25. The van der Waals surface area contributed by atoms with Crippen LogP contribution in [0, 0.1) is 17.8 Å². The molecule has 5 aliphatic rings. The van der Waals surface area contributed by atoms with E-state index in [0.29, 0.717) is 35.9 Å². The molecule has 5 rings (SSSR count). The summed E-state index contributed by atoms with van der Waals surface area (Å²) < 4.78 is 5.23. The van der Waals surface area contributed by atoms with Crippen molar-refractivity contribution in [3.05, 3.63) is 0 Å². The molecule has 0 aromatic rings. The fourth-order valence-electron chi connectivity index (χ4n) is 4.79. The van der Waals surface area contributed by atoms with Crippen molar-refractivity contribution in [1.82, 2.24) is 26.3 Å². The maximum Gasteiger partial charge on any atom is 0.225 e. The van der Waals surface area contributed by atoms with Gasteiger partial charge in [0, 0.05) is 31.5 Å². The van der Waals surface area contributed by atoms with Gasteiger partial charge in [0.25, 0.3) is 0 Å². The van der Waals surface area contributed by atoms with Crippen molar-refractivity contribution < 1.29 is 14.4 Å². The van der Waals surface area contributed by atoms with E-state index >= 15 is 0 Å². The minimum absolute atomic E-state index is 0.0709. The minimum atomic E-state index is 0.0709. The van der Waals surface area contributed by atoms with E-state index in [0.717, 1.165) is 71.4 Å². The number of rotatable bonds is 5. The Morgan fingerprint density at radius 3 is 2.44 bits per heavy atom. The molecule has 4 heterocycles. The van der Waals surface area contributed by atoms with Crippen molar-refractivity contribution in [1.29, 1.82) is 0 Å². The fourth-order valence-corrected chi connectivity index (χ4v) is 4.79.